The topological polar surface area (TPSA) is 68.2 Å². The molecule has 6 aliphatic rings. The SMILES string of the molecule is C[C@]12CCC3C(C[C@H]4OC[C@@]35CCC(O)C[C@]45Cl)C1CC[C@@H]2C1(CO)OCCO1. The van der Waals surface area contributed by atoms with Gasteiger partial charge in [0.2, 0.25) is 0 Å². The first kappa shape index (κ1) is 19.8. The van der Waals surface area contributed by atoms with E-state index in [4.69, 9.17) is 25.8 Å². The summed E-state index contributed by atoms with van der Waals surface area (Å²) >= 11 is 7.34. The van der Waals surface area contributed by atoms with E-state index in [1.165, 1.54) is 6.42 Å². The van der Waals surface area contributed by atoms with Crippen molar-refractivity contribution < 1.29 is 24.4 Å². The molecule has 29 heavy (non-hydrogen) atoms. The fourth-order valence-electron chi connectivity index (χ4n) is 9.31. The van der Waals surface area contributed by atoms with Crippen LogP contribution in [-0.2, 0) is 14.2 Å². The highest BCUT2D eigenvalue weighted by Gasteiger charge is 2.73. The molecule has 0 aromatic rings. The third kappa shape index (κ3) is 2.30. The molecule has 0 radical (unpaired) electrons. The van der Waals surface area contributed by atoms with Crippen LogP contribution in [0.4, 0.5) is 0 Å². The smallest absolute Gasteiger partial charge is 0.195 e. The molecule has 6 rings (SSSR count). The summed E-state index contributed by atoms with van der Waals surface area (Å²) in [6.07, 6.45) is 7.87. The largest absolute Gasteiger partial charge is 0.393 e. The molecule has 4 saturated carbocycles. The molecule has 0 amide bonds. The fourth-order valence-corrected chi connectivity index (χ4v) is 9.93. The van der Waals surface area contributed by atoms with Gasteiger partial charge >= 0.3 is 0 Å². The minimum absolute atomic E-state index is 0.0236. The number of aliphatic hydroxyl groups excluding tert-OH is 2. The molecule has 6 heteroatoms. The number of alkyl halides is 1. The summed E-state index contributed by atoms with van der Waals surface area (Å²) in [7, 11) is 0. The molecular weight excluding hydrogens is 392 g/mol. The van der Waals surface area contributed by atoms with E-state index in [1.807, 2.05) is 0 Å². The van der Waals surface area contributed by atoms with Crippen molar-refractivity contribution in [3.05, 3.63) is 0 Å². The number of rotatable bonds is 2. The van der Waals surface area contributed by atoms with Gasteiger partial charge in [0.15, 0.2) is 5.79 Å². The number of hydrogen-bond donors (Lipinski definition) is 2. The minimum Gasteiger partial charge on any atom is -0.393 e. The zero-order valence-electron chi connectivity index (χ0n) is 17.4. The Balaban J connectivity index is 1.34. The molecule has 2 aliphatic heterocycles. The van der Waals surface area contributed by atoms with Crippen LogP contribution in [0.3, 0.4) is 0 Å². The first-order chi connectivity index (χ1) is 13.9. The van der Waals surface area contributed by atoms with Crippen molar-refractivity contribution in [1.29, 1.82) is 0 Å². The van der Waals surface area contributed by atoms with E-state index in [0.717, 1.165) is 45.1 Å². The van der Waals surface area contributed by atoms with Crippen molar-refractivity contribution in [2.24, 2.45) is 34.5 Å². The van der Waals surface area contributed by atoms with Crippen molar-refractivity contribution in [3.63, 3.8) is 0 Å². The average molecular weight is 427 g/mol. The fraction of sp³-hybridized carbons (Fsp3) is 1.00. The lowest BCUT2D eigenvalue weighted by Gasteiger charge is -2.62. The lowest BCUT2D eigenvalue weighted by atomic mass is 9.44. The van der Waals surface area contributed by atoms with Gasteiger partial charge in [0, 0.05) is 11.3 Å². The van der Waals surface area contributed by atoms with Crippen molar-refractivity contribution >= 4 is 11.6 Å². The molecule has 2 bridgehead atoms. The summed E-state index contributed by atoms with van der Waals surface area (Å²) in [6.45, 7) is 4.32. The summed E-state index contributed by atoms with van der Waals surface area (Å²) in [5, 5.41) is 20.6. The number of halogens is 1. The van der Waals surface area contributed by atoms with Crippen LogP contribution in [0, 0.1) is 34.5 Å². The molecular formula is C23H35ClO5. The zero-order valence-corrected chi connectivity index (χ0v) is 18.2. The average Bonchev–Trinajstić information content (AvgIpc) is 3.34. The van der Waals surface area contributed by atoms with Gasteiger partial charge in [-0.05, 0) is 74.5 Å². The molecule has 164 valence electrons. The molecule has 0 spiro atoms. The van der Waals surface area contributed by atoms with Gasteiger partial charge in [-0.1, -0.05) is 6.92 Å². The Kier molecular flexibility index (Phi) is 4.31. The molecule has 2 saturated heterocycles. The van der Waals surface area contributed by atoms with Crippen LogP contribution in [-0.4, -0.2) is 59.5 Å². The van der Waals surface area contributed by atoms with Crippen LogP contribution in [0.1, 0.15) is 58.3 Å². The molecule has 0 aromatic heterocycles. The Morgan fingerprint density at radius 2 is 1.83 bits per heavy atom. The maximum atomic E-state index is 10.4. The summed E-state index contributed by atoms with van der Waals surface area (Å²) in [5.41, 5.74) is 0.153. The van der Waals surface area contributed by atoms with Crippen molar-refractivity contribution in [2.75, 3.05) is 26.4 Å². The predicted octanol–water partition coefficient (Wildman–Crippen LogP) is 3.09. The third-order valence-electron chi connectivity index (χ3n) is 10.5. The van der Waals surface area contributed by atoms with Gasteiger partial charge < -0.3 is 24.4 Å². The van der Waals surface area contributed by atoms with Crippen LogP contribution in [0.15, 0.2) is 0 Å². The van der Waals surface area contributed by atoms with Crippen LogP contribution < -0.4 is 0 Å². The molecule has 4 aliphatic carbocycles. The lowest BCUT2D eigenvalue weighted by molar-refractivity contribution is -0.246. The van der Waals surface area contributed by atoms with E-state index in [1.54, 1.807) is 0 Å². The predicted molar refractivity (Wildman–Crippen MR) is 107 cm³/mol. The van der Waals surface area contributed by atoms with E-state index in [0.29, 0.717) is 37.4 Å². The first-order valence-corrected chi connectivity index (χ1v) is 12.1. The van der Waals surface area contributed by atoms with Crippen molar-refractivity contribution in [3.8, 4) is 0 Å². The third-order valence-corrected chi connectivity index (χ3v) is 11.3. The van der Waals surface area contributed by atoms with Crippen LogP contribution >= 0.6 is 11.6 Å². The Bertz CT molecular complexity index is 682. The number of ether oxygens (including phenoxy) is 3. The first-order valence-electron chi connectivity index (χ1n) is 11.8. The van der Waals surface area contributed by atoms with Gasteiger partial charge in [-0.25, -0.2) is 0 Å². The van der Waals surface area contributed by atoms with Crippen LogP contribution in [0.2, 0.25) is 0 Å². The van der Waals surface area contributed by atoms with E-state index < -0.39 is 5.79 Å². The molecule has 9 atom stereocenters. The lowest BCUT2D eigenvalue weighted by Crippen LogP contribution is -2.64. The van der Waals surface area contributed by atoms with E-state index in [-0.39, 0.29) is 40.4 Å². The second kappa shape index (κ2) is 6.32. The standard InChI is InChI=1S/C23H35ClO5/c1-20-6-5-17-15(16(20)2-3-18(20)23(12-25)28-8-9-29-23)10-19-22(24)11-14(26)4-7-21(17,22)13-27-19/h14-19,25-26H,2-13H2,1H3/t14?,15?,16?,17?,18-,19+,20-,21-,22-/m0/s1. The number of hydrogen-bond acceptors (Lipinski definition) is 5. The Labute approximate surface area is 178 Å². The van der Waals surface area contributed by atoms with Crippen LogP contribution in [0.25, 0.3) is 0 Å². The maximum Gasteiger partial charge on any atom is 0.195 e. The van der Waals surface area contributed by atoms with E-state index in [9.17, 15) is 10.2 Å². The minimum atomic E-state index is -0.802. The van der Waals surface area contributed by atoms with E-state index >= 15 is 0 Å². The van der Waals surface area contributed by atoms with Gasteiger partial charge in [-0.15, -0.1) is 11.6 Å². The van der Waals surface area contributed by atoms with Gasteiger partial charge in [-0.2, -0.15) is 0 Å². The Morgan fingerprint density at radius 1 is 1.03 bits per heavy atom. The van der Waals surface area contributed by atoms with Crippen molar-refractivity contribution in [1.82, 2.24) is 0 Å². The second-order valence-corrected chi connectivity index (χ2v) is 11.8. The van der Waals surface area contributed by atoms with E-state index in [2.05, 4.69) is 6.92 Å². The molecule has 2 N–H and O–H groups in total. The maximum absolute atomic E-state index is 10.4. The zero-order chi connectivity index (χ0) is 20.1. The van der Waals surface area contributed by atoms with Crippen LogP contribution in [0.5, 0.6) is 0 Å². The van der Waals surface area contributed by atoms with Gasteiger partial charge in [0.25, 0.3) is 0 Å². The summed E-state index contributed by atoms with van der Waals surface area (Å²) in [4.78, 5) is -0.387. The quantitative estimate of drug-likeness (QED) is 0.664. The summed E-state index contributed by atoms with van der Waals surface area (Å²) in [6, 6.07) is 0. The molecule has 0 aromatic carbocycles. The molecule has 6 fully saturated rings. The summed E-state index contributed by atoms with van der Waals surface area (Å²) in [5.74, 6) is 1.25. The molecule has 5 nitrogen and oxygen atoms in total. The molecule has 4 unspecified atom stereocenters. The van der Waals surface area contributed by atoms with Gasteiger partial charge in [0.1, 0.15) is 0 Å². The molecule has 2 heterocycles. The summed E-state index contributed by atoms with van der Waals surface area (Å²) < 4.78 is 18.5. The Morgan fingerprint density at radius 3 is 2.59 bits per heavy atom. The number of aliphatic hydroxyl groups is 2. The number of fused-ring (bicyclic) bond motifs is 3. The van der Waals surface area contributed by atoms with Gasteiger partial charge in [0.05, 0.1) is 43.5 Å². The normalized spacial score (nSPS) is 57.9. The highest BCUT2D eigenvalue weighted by atomic mass is 35.5. The second-order valence-electron chi connectivity index (χ2n) is 11.2. The highest BCUT2D eigenvalue weighted by Crippen LogP contribution is 2.73. The highest BCUT2D eigenvalue weighted by molar-refractivity contribution is 6.25. The monoisotopic (exact) mass is 426 g/mol. The van der Waals surface area contributed by atoms with Gasteiger partial charge in [-0.3, -0.25) is 0 Å². The van der Waals surface area contributed by atoms with Crippen molar-refractivity contribution in [2.45, 2.75) is 81.2 Å². The Hall–Kier alpha value is 0.0900.